The summed E-state index contributed by atoms with van der Waals surface area (Å²) in [6, 6.07) is 14.1. The molecule has 0 saturated heterocycles. The average molecular weight is 292 g/mol. The maximum Gasteiger partial charge on any atom is 0.0982 e. The van der Waals surface area contributed by atoms with Crippen LogP contribution in [0.15, 0.2) is 47.4 Å². The topological polar surface area (TPSA) is 20.3 Å². The fraction of sp³-hybridized carbons (Fsp3) is 0.200. The Morgan fingerprint density at radius 3 is 2.58 bits per heavy atom. The molecule has 1 aliphatic rings. The fourth-order valence-electron chi connectivity index (χ4n) is 2.32. The van der Waals surface area contributed by atoms with Crippen molar-refractivity contribution in [1.82, 2.24) is 0 Å². The monoisotopic (exact) mass is 291 g/mol. The van der Waals surface area contributed by atoms with Crippen LogP contribution in [0.3, 0.4) is 0 Å². The molecular weight excluding hydrogens is 278 g/mol. The summed E-state index contributed by atoms with van der Waals surface area (Å²) < 4.78 is 12.0. The fourth-order valence-corrected chi connectivity index (χ4v) is 3.82. The molecule has 2 nitrogen and oxygen atoms in total. The molecule has 0 spiro atoms. The van der Waals surface area contributed by atoms with E-state index in [4.69, 9.17) is 11.6 Å². The van der Waals surface area contributed by atoms with E-state index in [0.717, 1.165) is 22.0 Å². The summed E-state index contributed by atoms with van der Waals surface area (Å²) in [7, 11) is 1.08. The molecule has 1 heterocycles. The van der Waals surface area contributed by atoms with Crippen molar-refractivity contribution in [2.45, 2.75) is 11.3 Å². The molecular formula is C15H14ClNOS. The Hall–Kier alpha value is -1.32. The van der Waals surface area contributed by atoms with E-state index in [1.807, 2.05) is 36.2 Å². The van der Waals surface area contributed by atoms with Gasteiger partial charge in [0.1, 0.15) is 0 Å². The molecule has 98 valence electrons. The molecule has 0 saturated carbocycles. The van der Waals surface area contributed by atoms with Crippen LogP contribution in [-0.4, -0.2) is 17.1 Å². The molecule has 0 N–H and O–H groups in total. The van der Waals surface area contributed by atoms with Crippen LogP contribution >= 0.6 is 11.6 Å². The zero-order valence-corrected chi connectivity index (χ0v) is 12.2. The Bertz CT molecular complexity index is 639. The van der Waals surface area contributed by atoms with Gasteiger partial charge in [0.2, 0.25) is 0 Å². The largest absolute Gasteiger partial charge is 0.361 e. The van der Waals surface area contributed by atoms with Crippen molar-refractivity contribution in [3.8, 4) is 0 Å². The van der Waals surface area contributed by atoms with Gasteiger partial charge in [-0.05, 0) is 41.8 Å². The van der Waals surface area contributed by atoms with E-state index in [0.29, 0.717) is 5.88 Å². The first-order valence-electron chi connectivity index (χ1n) is 6.10. The lowest BCUT2D eigenvalue weighted by Crippen LogP contribution is -2.13. The highest BCUT2D eigenvalue weighted by atomic mass is 35.5. The van der Waals surface area contributed by atoms with Gasteiger partial charge in [-0.15, -0.1) is 0 Å². The van der Waals surface area contributed by atoms with E-state index in [-0.39, 0.29) is 0 Å². The van der Waals surface area contributed by atoms with E-state index < -0.39 is 10.8 Å². The van der Waals surface area contributed by atoms with Gasteiger partial charge in [0.25, 0.3) is 0 Å². The Kier molecular flexibility index (Phi) is 3.33. The Morgan fingerprint density at radius 1 is 1.16 bits per heavy atom. The maximum atomic E-state index is 12.0. The summed E-state index contributed by atoms with van der Waals surface area (Å²) in [4.78, 5) is 2.99. The number of halogens is 1. The molecule has 19 heavy (non-hydrogen) atoms. The molecule has 0 radical (unpaired) electrons. The normalized spacial score (nSPS) is 17.6. The summed E-state index contributed by atoms with van der Waals surface area (Å²) in [6.45, 7) is 0. The SMILES string of the molecule is CN1CS(=O)c2cc(Cc3ccc(Cl)cc3)ccc21. The van der Waals surface area contributed by atoms with Crippen molar-refractivity contribution in [2.75, 3.05) is 17.8 Å². The first-order valence-corrected chi connectivity index (χ1v) is 7.80. The minimum absolute atomic E-state index is 0.597. The van der Waals surface area contributed by atoms with Crippen LogP contribution in [0.25, 0.3) is 0 Å². The van der Waals surface area contributed by atoms with Crippen LogP contribution in [0.5, 0.6) is 0 Å². The summed E-state index contributed by atoms with van der Waals surface area (Å²) in [5.74, 6) is 0.597. The number of benzene rings is 2. The molecule has 1 aliphatic heterocycles. The quantitative estimate of drug-likeness (QED) is 0.845. The van der Waals surface area contributed by atoms with Crippen molar-refractivity contribution in [3.05, 3.63) is 58.6 Å². The Balaban J connectivity index is 1.89. The molecule has 1 atom stereocenters. The van der Waals surface area contributed by atoms with Gasteiger partial charge in [0.05, 0.1) is 27.3 Å². The van der Waals surface area contributed by atoms with Crippen molar-refractivity contribution in [1.29, 1.82) is 0 Å². The Labute approximate surface area is 120 Å². The molecule has 0 fully saturated rings. The van der Waals surface area contributed by atoms with Crippen molar-refractivity contribution < 1.29 is 4.21 Å². The molecule has 0 aromatic heterocycles. The molecule has 2 aromatic carbocycles. The van der Waals surface area contributed by atoms with Gasteiger partial charge in [-0.3, -0.25) is 4.21 Å². The second-order valence-corrected chi connectivity index (χ2v) is 6.60. The summed E-state index contributed by atoms with van der Waals surface area (Å²) >= 11 is 5.88. The molecule has 2 aromatic rings. The molecule has 3 rings (SSSR count). The molecule has 0 aliphatic carbocycles. The van der Waals surface area contributed by atoms with E-state index in [2.05, 4.69) is 18.2 Å². The van der Waals surface area contributed by atoms with Gasteiger partial charge in [-0.1, -0.05) is 29.8 Å². The Morgan fingerprint density at radius 2 is 1.84 bits per heavy atom. The summed E-state index contributed by atoms with van der Waals surface area (Å²) in [6.07, 6.45) is 0.839. The number of rotatable bonds is 2. The minimum atomic E-state index is -0.895. The number of hydrogen-bond donors (Lipinski definition) is 0. The second-order valence-electron chi connectivity index (χ2n) is 4.78. The van der Waals surface area contributed by atoms with Gasteiger partial charge in [0.15, 0.2) is 0 Å². The zero-order chi connectivity index (χ0) is 13.4. The smallest absolute Gasteiger partial charge is 0.0982 e. The molecule has 0 amide bonds. The van der Waals surface area contributed by atoms with Crippen LogP contribution in [-0.2, 0) is 17.2 Å². The third-order valence-corrected chi connectivity index (χ3v) is 5.00. The third kappa shape index (κ3) is 2.53. The minimum Gasteiger partial charge on any atom is -0.361 e. The summed E-state index contributed by atoms with van der Waals surface area (Å²) in [5.41, 5.74) is 3.48. The number of fused-ring (bicyclic) bond motifs is 1. The standard InChI is InChI=1S/C15H14ClNOS/c1-17-10-19(18)15-9-12(4-7-14(15)17)8-11-2-5-13(16)6-3-11/h2-7,9H,8,10H2,1H3. The molecule has 4 heteroatoms. The number of nitrogens with zero attached hydrogens (tertiary/aromatic N) is 1. The van der Waals surface area contributed by atoms with Crippen molar-refractivity contribution in [2.24, 2.45) is 0 Å². The lowest BCUT2D eigenvalue weighted by molar-refractivity contribution is 0.685. The van der Waals surface area contributed by atoms with Gasteiger partial charge < -0.3 is 4.90 Å². The highest BCUT2D eigenvalue weighted by molar-refractivity contribution is 7.85. The highest BCUT2D eigenvalue weighted by Crippen LogP contribution is 2.31. The van der Waals surface area contributed by atoms with E-state index in [1.165, 1.54) is 11.1 Å². The first-order chi connectivity index (χ1) is 9.13. The van der Waals surface area contributed by atoms with Gasteiger partial charge in [0, 0.05) is 12.1 Å². The zero-order valence-electron chi connectivity index (χ0n) is 10.6. The van der Waals surface area contributed by atoms with E-state index in [9.17, 15) is 4.21 Å². The van der Waals surface area contributed by atoms with E-state index in [1.54, 1.807) is 0 Å². The van der Waals surface area contributed by atoms with Gasteiger partial charge >= 0.3 is 0 Å². The van der Waals surface area contributed by atoms with Crippen LogP contribution in [0.2, 0.25) is 5.02 Å². The molecule has 1 unspecified atom stereocenters. The predicted molar refractivity (Wildman–Crippen MR) is 80.4 cm³/mol. The van der Waals surface area contributed by atoms with Crippen LogP contribution in [0.1, 0.15) is 11.1 Å². The van der Waals surface area contributed by atoms with Crippen LogP contribution in [0.4, 0.5) is 5.69 Å². The van der Waals surface area contributed by atoms with Gasteiger partial charge in [-0.2, -0.15) is 0 Å². The number of hydrogen-bond acceptors (Lipinski definition) is 2. The van der Waals surface area contributed by atoms with E-state index >= 15 is 0 Å². The second kappa shape index (κ2) is 4.99. The number of anilines is 1. The average Bonchev–Trinajstić information content (AvgIpc) is 2.68. The third-order valence-electron chi connectivity index (χ3n) is 3.31. The highest BCUT2D eigenvalue weighted by Gasteiger charge is 2.22. The van der Waals surface area contributed by atoms with Crippen molar-refractivity contribution >= 4 is 28.1 Å². The van der Waals surface area contributed by atoms with Gasteiger partial charge in [-0.25, -0.2) is 0 Å². The van der Waals surface area contributed by atoms with Crippen molar-refractivity contribution in [3.63, 3.8) is 0 Å². The molecule has 0 bridgehead atoms. The predicted octanol–water partition coefficient (Wildman–Crippen LogP) is 3.45. The lowest BCUT2D eigenvalue weighted by Gasteiger charge is -2.10. The maximum absolute atomic E-state index is 12.0. The van der Waals surface area contributed by atoms with Crippen LogP contribution < -0.4 is 4.90 Å². The summed E-state index contributed by atoms with van der Waals surface area (Å²) in [5, 5.41) is 0.750. The first kappa shape index (κ1) is 12.7. The lowest BCUT2D eigenvalue weighted by atomic mass is 10.0. The van der Waals surface area contributed by atoms with Crippen LogP contribution in [0, 0.1) is 0 Å².